The molecule has 1 unspecified atom stereocenters. The molecule has 3 amide bonds. The molecule has 0 bridgehead atoms. The fourth-order valence-corrected chi connectivity index (χ4v) is 4.15. The predicted molar refractivity (Wildman–Crippen MR) is 131 cm³/mol. The van der Waals surface area contributed by atoms with Crippen LogP contribution in [-0.4, -0.2) is 35.3 Å². The average molecular weight is 457 g/mol. The van der Waals surface area contributed by atoms with Gasteiger partial charge in [0.25, 0.3) is 11.8 Å². The van der Waals surface area contributed by atoms with Crippen molar-refractivity contribution >= 4 is 23.4 Å². The van der Waals surface area contributed by atoms with E-state index in [-0.39, 0.29) is 24.8 Å². The van der Waals surface area contributed by atoms with Crippen LogP contribution >= 0.6 is 0 Å². The van der Waals surface area contributed by atoms with Gasteiger partial charge < -0.3 is 9.64 Å². The van der Waals surface area contributed by atoms with Crippen LogP contribution in [0.5, 0.6) is 5.75 Å². The van der Waals surface area contributed by atoms with Gasteiger partial charge in [0, 0.05) is 12.1 Å². The van der Waals surface area contributed by atoms with Crippen LogP contribution in [-0.2, 0) is 16.1 Å². The Bertz CT molecular complexity index is 1200. The number of carbonyl (C=O) groups is 3. The summed E-state index contributed by atoms with van der Waals surface area (Å²) < 4.78 is 5.46. The molecule has 6 heteroatoms. The van der Waals surface area contributed by atoms with E-state index in [0.717, 1.165) is 16.7 Å². The molecule has 0 aliphatic carbocycles. The van der Waals surface area contributed by atoms with Gasteiger partial charge in [0.15, 0.2) is 0 Å². The number of hydrogen-bond donors (Lipinski definition) is 0. The Morgan fingerprint density at radius 1 is 0.971 bits per heavy atom. The fourth-order valence-electron chi connectivity index (χ4n) is 4.15. The van der Waals surface area contributed by atoms with Crippen molar-refractivity contribution in [2.45, 2.75) is 39.8 Å². The molecule has 1 saturated heterocycles. The highest BCUT2D eigenvalue weighted by atomic mass is 16.5. The smallest absolute Gasteiger partial charge is 0.257 e. The van der Waals surface area contributed by atoms with Gasteiger partial charge in [-0.2, -0.15) is 0 Å². The summed E-state index contributed by atoms with van der Waals surface area (Å²) in [6, 6.07) is 21.1. The molecule has 1 heterocycles. The van der Waals surface area contributed by atoms with Gasteiger partial charge in [0.05, 0.1) is 18.7 Å². The number of aryl methyl sites for hydroxylation is 2. The largest absolute Gasteiger partial charge is 0.494 e. The van der Waals surface area contributed by atoms with Crippen molar-refractivity contribution in [2.75, 3.05) is 11.5 Å². The highest BCUT2D eigenvalue weighted by molar-refractivity contribution is 6.23. The maximum Gasteiger partial charge on any atom is 0.257 e. The molecule has 4 rings (SSSR count). The Morgan fingerprint density at radius 3 is 2.32 bits per heavy atom. The molecule has 174 valence electrons. The van der Waals surface area contributed by atoms with Crippen LogP contribution in [0.2, 0.25) is 0 Å². The van der Waals surface area contributed by atoms with Gasteiger partial charge in [0.1, 0.15) is 11.8 Å². The second kappa shape index (κ2) is 9.91. The minimum atomic E-state index is -0.881. The number of hydrogen-bond acceptors (Lipinski definition) is 4. The van der Waals surface area contributed by atoms with Crippen molar-refractivity contribution in [3.63, 3.8) is 0 Å². The average Bonchev–Trinajstić information content (AvgIpc) is 3.12. The van der Waals surface area contributed by atoms with Gasteiger partial charge in [-0.1, -0.05) is 47.5 Å². The summed E-state index contributed by atoms with van der Waals surface area (Å²) in [5, 5.41) is 0. The minimum absolute atomic E-state index is 0.0601. The molecule has 34 heavy (non-hydrogen) atoms. The first-order valence-corrected chi connectivity index (χ1v) is 11.4. The van der Waals surface area contributed by atoms with Gasteiger partial charge in [0.2, 0.25) is 5.91 Å². The molecule has 1 aliphatic rings. The first kappa shape index (κ1) is 23.2. The lowest BCUT2D eigenvalue weighted by Gasteiger charge is -2.28. The van der Waals surface area contributed by atoms with E-state index in [9.17, 15) is 14.4 Å². The Hall–Kier alpha value is -3.93. The molecule has 0 N–H and O–H groups in total. The molecule has 3 aromatic rings. The third-order valence-electron chi connectivity index (χ3n) is 5.90. The Balaban J connectivity index is 1.66. The van der Waals surface area contributed by atoms with Crippen molar-refractivity contribution in [1.29, 1.82) is 0 Å². The van der Waals surface area contributed by atoms with Gasteiger partial charge in [-0.05, 0) is 62.7 Å². The van der Waals surface area contributed by atoms with Gasteiger partial charge in [-0.3, -0.25) is 14.4 Å². The van der Waals surface area contributed by atoms with Crippen LogP contribution in [0.25, 0.3) is 0 Å². The van der Waals surface area contributed by atoms with E-state index in [4.69, 9.17) is 4.74 Å². The maximum absolute atomic E-state index is 13.6. The molecule has 0 saturated carbocycles. The molecule has 1 fully saturated rings. The predicted octanol–water partition coefficient (Wildman–Crippen LogP) is 4.68. The van der Waals surface area contributed by atoms with Crippen LogP contribution in [0.15, 0.2) is 72.8 Å². The molecule has 0 aromatic heterocycles. The maximum atomic E-state index is 13.6. The number of amides is 3. The number of rotatable bonds is 7. The van der Waals surface area contributed by atoms with Crippen molar-refractivity contribution in [2.24, 2.45) is 0 Å². The van der Waals surface area contributed by atoms with E-state index in [1.807, 2.05) is 57.2 Å². The first-order chi connectivity index (χ1) is 16.4. The van der Waals surface area contributed by atoms with Crippen molar-refractivity contribution in [3.05, 3.63) is 95.1 Å². The standard InChI is InChI=1S/C28H28N2O4/c1-4-34-24-14-12-23(13-15-24)30-26(31)17-25(28(30)33)29(18-21-10-8-19(2)9-11-21)27(32)22-7-5-6-20(3)16-22/h5-16,25H,4,17-18H2,1-3H3. The van der Waals surface area contributed by atoms with Crippen LogP contribution < -0.4 is 9.64 Å². The molecule has 3 aromatic carbocycles. The molecule has 0 radical (unpaired) electrons. The van der Waals surface area contributed by atoms with E-state index >= 15 is 0 Å². The number of imide groups is 1. The third-order valence-corrected chi connectivity index (χ3v) is 5.90. The molecular weight excluding hydrogens is 428 g/mol. The highest BCUT2D eigenvalue weighted by Crippen LogP contribution is 2.29. The topological polar surface area (TPSA) is 66.9 Å². The van der Waals surface area contributed by atoms with Crippen molar-refractivity contribution < 1.29 is 19.1 Å². The van der Waals surface area contributed by atoms with Crippen LogP contribution in [0.3, 0.4) is 0 Å². The zero-order valence-electron chi connectivity index (χ0n) is 19.7. The van der Waals surface area contributed by atoms with Crippen LogP contribution in [0.1, 0.15) is 40.4 Å². The van der Waals surface area contributed by atoms with E-state index in [2.05, 4.69) is 0 Å². The molecule has 6 nitrogen and oxygen atoms in total. The summed E-state index contributed by atoms with van der Waals surface area (Å²) in [6.45, 7) is 6.55. The zero-order valence-corrected chi connectivity index (χ0v) is 19.7. The summed E-state index contributed by atoms with van der Waals surface area (Å²) in [4.78, 5) is 42.7. The minimum Gasteiger partial charge on any atom is -0.494 e. The Kier molecular flexibility index (Phi) is 6.77. The van der Waals surface area contributed by atoms with Crippen molar-refractivity contribution in [1.82, 2.24) is 4.90 Å². The number of benzene rings is 3. The van der Waals surface area contributed by atoms with E-state index in [1.165, 1.54) is 9.80 Å². The summed E-state index contributed by atoms with van der Waals surface area (Å²) in [5.74, 6) is -0.339. The second-order valence-electron chi connectivity index (χ2n) is 8.50. The molecule has 1 aliphatic heterocycles. The number of ether oxygens (including phenoxy) is 1. The van der Waals surface area contributed by atoms with Gasteiger partial charge in [-0.25, -0.2) is 4.90 Å². The zero-order chi connectivity index (χ0) is 24.2. The lowest BCUT2D eigenvalue weighted by Crippen LogP contribution is -2.45. The Morgan fingerprint density at radius 2 is 1.68 bits per heavy atom. The lowest BCUT2D eigenvalue weighted by molar-refractivity contribution is -0.122. The normalized spacial score (nSPS) is 15.5. The Labute approximate surface area is 199 Å². The lowest BCUT2D eigenvalue weighted by atomic mass is 10.1. The van der Waals surface area contributed by atoms with Gasteiger partial charge in [-0.15, -0.1) is 0 Å². The number of anilines is 1. The monoisotopic (exact) mass is 456 g/mol. The van der Waals surface area contributed by atoms with E-state index in [0.29, 0.717) is 23.6 Å². The SMILES string of the molecule is CCOc1ccc(N2C(=O)CC(N(Cc3ccc(C)cc3)C(=O)c3cccc(C)c3)C2=O)cc1. The molecular formula is C28H28N2O4. The second-order valence-corrected chi connectivity index (χ2v) is 8.50. The summed E-state index contributed by atoms with van der Waals surface area (Å²) in [5.41, 5.74) is 3.91. The molecule has 0 spiro atoms. The highest BCUT2D eigenvalue weighted by Gasteiger charge is 2.44. The summed E-state index contributed by atoms with van der Waals surface area (Å²) >= 11 is 0. The van der Waals surface area contributed by atoms with E-state index in [1.54, 1.807) is 36.4 Å². The van der Waals surface area contributed by atoms with Crippen molar-refractivity contribution in [3.8, 4) is 5.75 Å². The van der Waals surface area contributed by atoms with Crippen LogP contribution in [0, 0.1) is 13.8 Å². The summed E-state index contributed by atoms with van der Waals surface area (Å²) in [6.07, 6.45) is -0.0601. The molecule has 1 atom stereocenters. The first-order valence-electron chi connectivity index (χ1n) is 11.4. The third kappa shape index (κ3) is 4.86. The van der Waals surface area contributed by atoms with Gasteiger partial charge >= 0.3 is 0 Å². The quantitative estimate of drug-likeness (QED) is 0.485. The van der Waals surface area contributed by atoms with Crippen LogP contribution in [0.4, 0.5) is 5.69 Å². The van der Waals surface area contributed by atoms with E-state index < -0.39 is 11.9 Å². The number of carbonyl (C=O) groups excluding carboxylic acids is 3. The number of nitrogens with zero attached hydrogens (tertiary/aromatic N) is 2. The fraction of sp³-hybridized carbons (Fsp3) is 0.250. The summed E-state index contributed by atoms with van der Waals surface area (Å²) in [7, 11) is 0.